The monoisotopic (exact) mass is 311 g/mol. The summed E-state index contributed by atoms with van der Waals surface area (Å²) >= 11 is 0. The number of amides is 1. The molecule has 3 rings (SSSR count). The SMILES string of the molecule is CN(C(=O)COc1cccc2c1OC(C)(C)C2)c1ccccc1. The van der Waals surface area contributed by atoms with Crippen LogP contribution in [0.2, 0.25) is 0 Å². The lowest BCUT2D eigenvalue weighted by Gasteiger charge is -2.19. The molecule has 1 aliphatic rings. The fourth-order valence-corrected chi connectivity index (χ4v) is 2.73. The number of hydrogen-bond acceptors (Lipinski definition) is 3. The summed E-state index contributed by atoms with van der Waals surface area (Å²) < 4.78 is 11.7. The lowest BCUT2D eigenvalue weighted by molar-refractivity contribution is -0.120. The van der Waals surface area contributed by atoms with E-state index in [0.29, 0.717) is 5.75 Å². The Labute approximate surface area is 136 Å². The van der Waals surface area contributed by atoms with Crippen LogP contribution in [0.25, 0.3) is 0 Å². The quantitative estimate of drug-likeness (QED) is 0.868. The predicted octanol–water partition coefficient (Wildman–Crippen LogP) is 3.44. The number of para-hydroxylation sites is 2. The summed E-state index contributed by atoms with van der Waals surface area (Å²) in [5.41, 5.74) is 1.74. The number of likely N-dealkylation sites (N-methyl/N-ethyl adjacent to an activating group) is 1. The average molecular weight is 311 g/mol. The minimum absolute atomic E-state index is 0.0222. The van der Waals surface area contributed by atoms with Gasteiger partial charge in [-0.2, -0.15) is 0 Å². The Bertz CT molecular complexity index is 710. The third-order valence-electron chi connectivity index (χ3n) is 3.92. The first-order valence-corrected chi connectivity index (χ1v) is 7.71. The number of carbonyl (C=O) groups excluding carboxylic acids is 1. The second-order valence-corrected chi connectivity index (χ2v) is 6.36. The van der Waals surface area contributed by atoms with Crippen molar-refractivity contribution < 1.29 is 14.3 Å². The Morgan fingerprint density at radius 1 is 1.17 bits per heavy atom. The van der Waals surface area contributed by atoms with Crippen LogP contribution >= 0.6 is 0 Å². The molecule has 0 radical (unpaired) electrons. The maximum Gasteiger partial charge on any atom is 0.264 e. The summed E-state index contributed by atoms with van der Waals surface area (Å²) in [4.78, 5) is 13.9. The molecule has 0 N–H and O–H groups in total. The summed E-state index contributed by atoms with van der Waals surface area (Å²) in [5.74, 6) is 1.28. The highest BCUT2D eigenvalue weighted by Crippen LogP contribution is 2.41. The smallest absolute Gasteiger partial charge is 0.264 e. The predicted molar refractivity (Wildman–Crippen MR) is 90.2 cm³/mol. The van der Waals surface area contributed by atoms with Gasteiger partial charge in [-0.05, 0) is 32.0 Å². The van der Waals surface area contributed by atoms with Crippen LogP contribution in [0.1, 0.15) is 19.4 Å². The number of hydrogen-bond donors (Lipinski definition) is 0. The van der Waals surface area contributed by atoms with Crippen LogP contribution in [0.3, 0.4) is 0 Å². The number of anilines is 1. The van der Waals surface area contributed by atoms with E-state index in [0.717, 1.165) is 23.4 Å². The highest BCUT2D eigenvalue weighted by Gasteiger charge is 2.32. The highest BCUT2D eigenvalue weighted by atomic mass is 16.5. The number of rotatable bonds is 4. The van der Waals surface area contributed by atoms with Gasteiger partial charge in [0.2, 0.25) is 0 Å². The second-order valence-electron chi connectivity index (χ2n) is 6.36. The molecule has 0 saturated carbocycles. The van der Waals surface area contributed by atoms with Gasteiger partial charge in [0.25, 0.3) is 5.91 Å². The van der Waals surface area contributed by atoms with E-state index in [9.17, 15) is 4.79 Å². The van der Waals surface area contributed by atoms with Gasteiger partial charge >= 0.3 is 0 Å². The number of ether oxygens (including phenoxy) is 2. The van der Waals surface area contributed by atoms with E-state index in [1.165, 1.54) is 0 Å². The van der Waals surface area contributed by atoms with Crippen LogP contribution in [0.15, 0.2) is 48.5 Å². The van der Waals surface area contributed by atoms with E-state index in [2.05, 4.69) is 0 Å². The molecule has 4 heteroatoms. The first-order chi connectivity index (χ1) is 11.0. The molecule has 0 fully saturated rings. The molecule has 0 spiro atoms. The molecule has 1 heterocycles. The molecular weight excluding hydrogens is 290 g/mol. The Balaban J connectivity index is 1.68. The summed E-state index contributed by atoms with van der Waals surface area (Å²) in [5, 5.41) is 0. The van der Waals surface area contributed by atoms with Crippen molar-refractivity contribution in [3.63, 3.8) is 0 Å². The van der Waals surface area contributed by atoms with Gasteiger partial charge in [-0.25, -0.2) is 0 Å². The van der Waals surface area contributed by atoms with Crippen molar-refractivity contribution >= 4 is 11.6 Å². The van der Waals surface area contributed by atoms with Crippen LogP contribution < -0.4 is 14.4 Å². The molecule has 0 saturated heterocycles. The van der Waals surface area contributed by atoms with E-state index < -0.39 is 0 Å². The van der Waals surface area contributed by atoms with Crippen LogP contribution in [0.4, 0.5) is 5.69 Å². The van der Waals surface area contributed by atoms with Gasteiger partial charge in [0.1, 0.15) is 5.60 Å². The summed E-state index contributed by atoms with van der Waals surface area (Å²) in [7, 11) is 1.75. The van der Waals surface area contributed by atoms with Crippen molar-refractivity contribution in [3.8, 4) is 11.5 Å². The fraction of sp³-hybridized carbons (Fsp3) is 0.316. The molecule has 1 amide bonds. The molecule has 0 aliphatic carbocycles. The molecule has 0 unspecified atom stereocenters. The Kier molecular flexibility index (Phi) is 3.99. The zero-order chi connectivity index (χ0) is 16.4. The average Bonchev–Trinajstić information content (AvgIpc) is 2.87. The standard InChI is InChI=1S/C19H21NO3/c1-19(2)12-14-8-7-11-16(18(14)23-19)22-13-17(21)20(3)15-9-5-4-6-10-15/h4-11H,12-13H2,1-3H3. The molecule has 120 valence electrons. The summed E-state index contributed by atoms with van der Waals surface area (Å²) in [6.07, 6.45) is 0.845. The molecule has 2 aromatic rings. The third kappa shape index (κ3) is 3.31. The zero-order valence-electron chi connectivity index (χ0n) is 13.7. The fourth-order valence-electron chi connectivity index (χ4n) is 2.73. The second kappa shape index (κ2) is 5.95. The maximum atomic E-state index is 12.3. The van der Waals surface area contributed by atoms with Gasteiger partial charge in [-0.15, -0.1) is 0 Å². The molecule has 1 aliphatic heterocycles. The largest absolute Gasteiger partial charge is 0.483 e. The molecule has 0 aromatic heterocycles. The first-order valence-electron chi connectivity index (χ1n) is 7.71. The molecule has 0 bridgehead atoms. The molecular formula is C19H21NO3. The number of nitrogens with zero attached hydrogens (tertiary/aromatic N) is 1. The van der Waals surface area contributed by atoms with Gasteiger partial charge in [-0.3, -0.25) is 4.79 Å². The van der Waals surface area contributed by atoms with Crippen molar-refractivity contribution in [2.24, 2.45) is 0 Å². The summed E-state index contributed by atoms with van der Waals surface area (Å²) in [6, 6.07) is 15.3. The minimum Gasteiger partial charge on any atom is -0.483 e. The first kappa shape index (κ1) is 15.4. The van der Waals surface area contributed by atoms with Crippen LogP contribution in [0, 0.1) is 0 Å². The van der Waals surface area contributed by atoms with E-state index in [4.69, 9.17) is 9.47 Å². The Morgan fingerprint density at radius 2 is 1.91 bits per heavy atom. The van der Waals surface area contributed by atoms with Crippen molar-refractivity contribution in [1.29, 1.82) is 0 Å². The van der Waals surface area contributed by atoms with Gasteiger partial charge in [0.15, 0.2) is 18.1 Å². The van der Waals surface area contributed by atoms with Crippen molar-refractivity contribution in [2.45, 2.75) is 25.9 Å². The highest BCUT2D eigenvalue weighted by molar-refractivity contribution is 5.93. The van der Waals surface area contributed by atoms with Crippen LogP contribution in [0.5, 0.6) is 11.5 Å². The lowest BCUT2D eigenvalue weighted by atomic mass is 10.0. The lowest BCUT2D eigenvalue weighted by Crippen LogP contribution is -2.31. The van der Waals surface area contributed by atoms with Crippen LogP contribution in [-0.4, -0.2) is 25.2 Å². The van der Waals surface area contributed by atoms with Gasteiger partial charge in [-0.1, -0.05) is 30.3 Å². The van der Waals surface area contributed by atoms with E-state index in [1.807, 2.05) is 62.4 Å². The molecule has 4 nitrogen and oxygen atoms in total. The number of carbonyl (C=O) groups is 1. The molecule has 0 atom stereocenters. The Hall–Kier alpha value is -2.49. The number of benzene rings is 2. The topological polar surface area (TPSA) is 38.8 Å². The number of fused-ring (bicyclic) bond motifs is 1. The zero-order valence-corrected chi connectivity index (χ0v) is 13.7. The minimum atomic E-state index is -0.230. The van der Waals surface area contributed by atoms with Gasteiger partial charge in [0, 0.05) is 24.7 Å². The normalized spacial score (nSPS) is 14.7. The van der Waals surface area contributed by atoms with Crippen molar-refractivity contribution in [3.05, 3.63) is 54.1 Å². The van der Waals surface area contributed by atoms with E-state index in [1.54, 1.807) is 11.9 Å². The molecule has 2 aromatic carbocycles. The van der Waals surface area contributed by atoms with Crippen LogP contribution in [-0.2, 0) is 11.2 Å². The Morgan fingerprint density at radius 3 is 2.65 bits per heavy atom. The van der Waals surface area contributed by atoms with E-state index in [-0.39, 0.29) is 18.1 Å². The van der Waals surface area contributed by atoms with Crippen molar-refractivity contribution in [2.75, 3.05) is 18.6 Å². The maximum absolute atomic E-state index is 12.3. The molecule has 23 heavy (non-hydrogen) atoms. The summed E-state index contributed by atoms with van der Waals surface area (Å²) in [6.45, 7) is 4.07. The van der Waals surface area contributed by atoms with E-state index >= 15 is 0 Å². The van der Waals surface area contributed by atoms with Crippen molar-refractivity contribution in [1.82, 2.24) is 0 Å². The van der Waals surface area contributed by atoms with Gasteiger partial charge in [0.05, 0.1) is 0 Å². The van der Waals surface area contributed by atoms with Gasteiger partial charge < -0.3 is 14.4 Å². The third-order valence-corrected chi connectivity index (χ3v) is 3.92.